The number of aromatic nitrogens is 1. The summed E-state index contributed by atoms with van der Waals surface area (Å²) in [7, 11) is 0. The second-order valence-corrected chi connectivity index (χ2v) is 5.16. The summed E-state index contributed by atoms with van der Waals surface area (Å²) in [6.45, 7) is 5.36. The summed E-state index contributed by atoms with van der Waals surface area (Å²) < 4.78 is 0.282. The van der Waals surface area contributed by atoms with Gasteiger partial charge in [0.2, 0.25) is 0 Å². The third-order valence-corrected chi connectivity index (χ3v) is 4.73. The zero-order chi connectivity index (χ0) is 12.0. The van der Waals surface area contributed by atoms with Crippen LogP contribution in [-0.2, 0) is 0 Å². The Bertz CT molecular complexity index is 316. The van der Waals surface area contributed by atoms with Crippen molar-refractivity contribution in [3.8, 4) is 0 Å². The first kappa shape index (κ1) is 13.2. The third kappa shape index (κ3) is 3.04. The number of hydrogen-bond acceptors (Lipinski definition) is 4. The maximum absolute atomic E-state index is 5.84. The maximum Gasteiger partial charge on any atom is 0.149 e. The SMILES string of the molecule is CCC(CC)(CNc1ncccc1N)SC. The van der Waals surface area contributed by atoms with E-state index in [2.05, 4.69) is 30.4 Å². The van der Waals surface area contributed by atoms with Gasteiger partial charge < -0.3 is 11.1 Å². The van der Waals surface area contributed by atoms with E-state index in [0.717, 1.165) is 25.2 Å². The number of pyridine rings is 1. The Morgan fingerprint density at radius 2 is 2.12 bits per heavy atom. The Kier molecular flexibility index (Phi) is 4.93. The molecule has 1 rings (SSSR count). The van der Waals surface area contributed by atoms with Crippen molar-refractivity contribution in [2.75, 3.05) is 23.9 Å². The second kappa shape index (κ2) is 5.99. The highest BCUT2D eigenvalue weighted by Crippen LogP contribution is 2.30. The van der Waals surface area contributed by atoms with Crippen LogP contribution in [-0.4, -0.2) is 22.5 Å². The quantitative estimate of drug-likeness (QED) is 0.801. The van der Waals surface area contributed by atoms with E-state index < -0.39 is 0 Å². The minimum Gasteiger partial charge on any atom is -0.396 e. The second-order valence-electron chi connectivity index (χ2n) is 3.89. The van der Waals surface area contributed by atoms with Crippen LogP contribution in [0.4, 0.5) is 11.5 Å². The number of hydrogen-bond donors (Lipinski definition) is 2. The van der Waals surface area contributed by atoms with E-state index >= 15 is 0 Å². The zero-order valence-corrected chi connectivity index (χ0v) is 11.1. The summed E-state index contributed by atoms with van der Waals surface area (Å²) >= 11 is 1.91. The molecule has 0 radical (unpaired) electrons. The van der Waals surface area contributed by atoms with E-state index in [-0.39, 0.29) is 4.75 Å². The highest BCUT2D eigenvalue weighted by Gasteiger charge is 2.24. The molecule has 0 aliphatic rings. The fourth-order valence-electron chi connectivity index (χ4n) is 1.67. The van der Waals surface area contributed by atoms with Crippen LogP contribution < -0.4 is 11.1 Å². The summed E-state index contributed by atoms with van der Waals surface area (Å²) in [5, 5.41) is 3.35. The number of anilines is 2. The largest absolute Gasteiger partial charge is 0.396 e. The van der Waals surface area contributed by atoms with Gasteiger partial charge in [-0.3, -0.25) is 0 Å². The van der Waals surface area contributed by atoms with Crippen LogP contribution in [0, 0.1) is 0 Å². The van der Waals surface area contributed by atoms with Crippen LogP contribution in [0.2, 0.25) is 0 Å². The molecule has 0 unspecified atom stereocenters. The lowest BCUT2D eigenvalue weighted by molar-refractivity contribution is 0.574. The van der Waals surface area contributed by atoms with E-state index in [9.17, 15) is 0 Å². The molecule has 90 valence electrons. The molecule has 1 aromatic heterocycles. The van der Waals surface area contributed by atoms with Gasteiger partial charge in [-0.1, -0.05) is 13.8 Å². The highest BCUT2D eigenvalue weighted by atomic mass is 32.2. The first-order valence-corrected chi connectivity index (χ1v) is 6.89. The molecule has 0 aliphatic carbocycles. The number of rotatable bonds is 6. The van der Waals surface area contributed by atoms with Crippen LogP contribution in [0.15, 0.2) is 18.3 Å². The molecule has 1 aromatic rings. The Hall–Kier alpha value is -0.900. The summed E-state index contributed by atoms with van der Waals surface area (Å²) in [6, 6.07) is 3.72. The van der Waals surface area contributed by atoms with Gasteiger partial charge in [-0.2, -0.15) is 11.8 Å². The third-order valence-electron chi connectivity index (χ3n) is 3.14. The molecule has 1 heterocycles. The first-order chi connectivity index (χ1) is 7.67. The number of nitrogens with two attached hydrogens (primary N) is 1. The average molecular weight is 239 g/mol. The molecule has 0 amide bonds. The Morgan fingerprint density at radius 3 is 2.62 bits per heavy atom. The van der Waals surface area contributed by atoms with Gasteiger partial charge in [0.25, 0.3) is 0 Å². The van der Waals surface area contributed by atoms with Crippen molar-refractivity contribution in [1.29, 1.82) is 0 Å². The van der Waals surface area contributed by atoms with E-state index in [1.807, 2.05) is 23.9 Å². The van der Waals surface area contributed by atoms with Crippen LogP contribution in [0.5, 0.6) is 0 Å². The van der Waals surface area contributed by atoms with E-state index in [0.29, 0.717) is 5.69 Å². The van der Waals surface area contributed by atoms with E-state index in [1.54, 1.807) is 6.20 Å². The molecular weight excluding hydrogens is 218 g/mol. The molecule has 0 bridgehead atoms. The number of nitrogens with zero attached hydrogens (tertiary/aromatic N) is 1. The summed E-state index contributed by atoms with van der Waals surface area (Å²) in [5.41, 5.74) is 6.56. The van der Waals surface area contributed by atoms with Gasteiger partial charge in [0.05, 0.1) is 5.69 Å². The lowest BCUT2D eigenvalue weighted by Crippen LogP contribution is -2.32. The molecule has 0 atom stereocenters. The number of thioether (sulfide) groups is 1. The molecule has 3 N–H and O–H groups in total. The maximum atomic E-state index is 5.84. The predicted octanol–water partition coefficient (Wildman–Crippen LogP) is 3.00. The molecule has 3 nitrogen and oxygen atoms in total. The van der Waals surface area contributed by atoms with Gasteiger partial charge in [0.15, 0.2) is 0 Å². The standard InChI is InChI=1S/C12H21N3S/c1-4-12(5-2,16-3)9-15-11-10(13)7-6-8-14-11/h6-8H,4-5,9,13H2,1-3H3,(H,14,15). The fourth-order valence-corrected chi connectivity index (χ4v) is 2.46. The van der Waals surface area contributed by atoms with Crippen molar-refractivity contribution in [3.05, 3.63) is 18.3 Å². The molecule has 16 heavy (non-hydrogen) atoms. The van der Waals surface area contributed by atoms with E-state index in [1.165, 1.54) is 0 Å². The molecule has 0 saturated carbocycles. The zero-order valence-electron chi connectivity index (χ0n) is 10.3. The van der Waals surface area contributed by atoms with Crippen molar-refractivity contribution in [3.63, 3.8) is 0 Å². The van der Waals surface area contributed by atoms with Gasteiger partial charge in [0.1, 0.15) is 5.82 Å². The Labute approximate surface area is 102 Å². The lowest BCUT2D eigenvalue weighted by Gasteiger charge is -2.30. The number of nitrogen functional groups attached to an aromatic ring is 1. The van der Waals surface area contributed by atoms with Gasteiger partial charge in [-0.15, -0.1) is 0 Å². The van der Waals surface area contributed by atoms with Gasteiger partial charge in [0, 0.05) is 17.5 Å². The summed E-state index contributed by atoms with van der Waals surface area (Å²) in [6.07, 6.45) is 6.21. The average Bonchev–Trinajstić information content (AvgIpc) is 2.34. The molecule has 0 saturated heterocycles. The molecule has 4 heteroatoms. The fraction of sp³-hybridized carbons (Fsp3) is 0.583. The summed E-state index contributed by atoms with van der Waals surface area (Å²) in [5.74, 6) is 0.794. The van der Waals surface area contributed by atoms with Crippen molar-refractivity contribution in [1.82, 2.24) is 4.98 Å². The first-order valence-electron chi connectivity index (χ1n) is 5.67. The summed E-state index contributed by atoms with van der Waals surface area (Å²) in [4.78, 5) is 4.24. The molecule has 0 aliphatic heterocycles. The highest BCUT2D eigenvalue weighted by molar-refractivity contribution is 8.00. The van der Waals surface area contributed by atoms with Crippen molar-refractivity contribution in [2.45, 2.75) is 31.4 Å². The van der Waals surface area contributed by atoms with Crippen molar-refractivity contribution in [2.24, 2.45) is 0 Å². The van der Waals surface area contributed by atoms with Crippen LogP contribution >= 0.6 is 11.8 Å². The van der Waals surface area contributed by atoms with Gasteiger partial charge in [-0.25, -0.2) is 4.98 Å². The van der Waals surface area contributed by atoms with Gasteiger partial charge in [-0.05, 0) is 31.2 Å². The molecule has 0 aromatic carbocycles. The Balaban J connectivity index is 2.66. The monoisotopic (exact) mass is 239 g/mol. The van der Waals surface area contributed by atoms with Gasteiger partial charge >= 0.3 is 0 Å². The topological polar surface area (TPSA) is 50.9 Å². The minimum atomic E-state index is 0.282. The lowest BCUT2D eigenvalue weighted by atomic mass is 10.0. The normalized spacial score (nSPS) is 11.4. The van der Waals surface area contributed by atoms with Crippen molar-refractivity contribution >= 4 is 23.3 Å². The minimum absolute atomic E-state index is 0.282. The predicted molar refractivity (Wildman–Crippen MR) is 74.0 cm³/mol. The van der Waals surface area contributed by atoms with Crippen molar-refractivity contribution < 1.29 is 0 Å². The molecule has 0 fully saturated rings. The molecule has 0 spiro atoms. The van der Waals surface area contributed by atoms with Crippen LogP contribution in [0.25, 0.3) is 0 Å². The van der Waals surface area contributed by atoms with Crippen LogP contribution in [0.3, 0.4) is 0 Å². The smallest absolute Gasteiger partial charge is 0.149 e. The van der Waals surface area contributed by atoms with Crippen LogP contribution in [0.1, 0.15) is 26.7 Å². The van der Waals surface area contributed by atoms with E-state index in [4.69, 9.17) is 5.73 Å². The molecular formula is C12H21N3S. The number of nitrogens with one attached hydrogen (secondary N) is 1. The Morgan fingerprint density at radius 1 is 1.44 bits per heavy atom.